The maximum atomic E-state index is 10.7. The lowest BCUT2D eigenvalue weighted by Crippen LogP contribution is -2.15. The monoisotopic (exact) mass is 237 g/mol. The molecule has 0 saturated carbocycles. The number of rotatable bonds is 3. The van der Waals surface area contributed by atoms with Gasteiger partial charge in [0.15, 0.2) is 0 Å². The molecule has 1 aromatic rings. The van der Waals surface area contributed by atoms with Gasteiger partial charge in [0.1, 0.15) is 0 Å². The van der Waals surface area contributed by atoms with Gasteiger partial charge in [-0.15, -0.1) is 0 Å². The molecule has 0 radical (unpaired) electrons. The summed E-state index contributed by atoms with van der Waals surface area (Å²) in [5.74, 6) is -0.962. The number of hydrogen-bond acceptors (Lipinski definition) is 2. The van der Waals surface area contributed by atoms with Crippen molar-refractivity contribution < 1.29 is 9.90 Å². The summed E-state index contributed by atoms with van der Waals surface area (Å²) in [5, 5.41) is 12.5. The second kappa shape index (κ2) is 4.58. The van der Waals surface area contributed by atoms with Crippen molar-refractivity contribution in [2.75, 3.05) is 5.32 Å². The fourth-order valence-corrected chi connectivity index (χ4v) is 1.96. The lowest BCUT2D eigenvalue weighted by molar-refractivity contribution is 0.0697. The zero-order chi connectivity index (χ0) is 11.5. The second-order valence-electron chi connectivity index (χ2n) is 3.78. The first-order valence-corrected chi connectivity index (χ1v) is 5.49. The Morgan fingerprint density at radius 3 is 2.62 bits per heavy atom. The predicted molar refractivity (Wildman–Crippen MR) is 64.2 cm³/mol. The topological polar surface area (TPSA) is 49.3 Å². The molecule has 1 aliphatic carbocycles. The van der Waals surface area contributed by atoms with E-state index in [1.165, 1.54) is 6.07 Å². The number of anilines is 1. The van der Waals surface area contributed by atoms with Crippen LogP contribution >= 0.6 is 11.6 Å². The highest BCUT2D eigenvalue weighted by Gasteiger charge is 2.12. The Morgan fingerprint density at radius 1 is 1.38 bits per heavy atom. The van der Waals surface area contributed by atoms with Crippen molar-refractivity contribution >= 4 is 23.3 Å². The smallest absolute Gasteiger partial charge is 0.335 e. The largest absolute Gasteiger partial charge is 0.478 e. The van der Waals surface area contributed by atoms with Crippen molar-refractivity contribution in [3.63, 3.8) is 0 Å². The van der Waals surface area contributed by atoms with E-state index < -0.39 is 5.97 Å². The zero-order valence-corrected chi connectivity index (χ0v) is 9.37. The first-order chi connectivity index (χ1) is 7.66. The third kappa shape index (κ3) is 2.36. The van der Waals surface area contributed by atoms with Gasteiger partial charge >= 0.3 is 5.97 Å². The van der Waals surface area contributed by atoms with Crippen molar-refractivity contribution in [3.05, 3.63) is 40.9 Å². The Morgan fingerprint density at radius 2 is 2.06 bits per heavy atom. The van der Waals surface area contributed by atoms with Gasteiger partial charge in [-0.25, -0.2) is 4.79 Å². The van der Waals surface area contributed by atoms with Crippen molar-refractivity contribution in [3.8, 4) is 0 Å². The van der Waals surface area contributed by atoms with Crippen molar-refractivity contribution in [1.29, 1.82) is 0 Å². The standard InChI is InChI=1S/C12H12ClNO2/c13-10-7-8(12(15)16)5-6-11(10)14-9-3-1-2-4-9/h1-2,5-7,9,14H,3-4H2,(H,15,16). The van der Waals surface area contributed by atoms with Crippen LogP contribution in [0.3, 0.4) is 0 Å². The van der Waals surface area contributed by atoms with Gasteiger partial charge < -0.3 is 10.4 Å². The molecule has 1 aromatic carbocycles. The van der Waals surface area contributed by atoms with Gasteiger partial charge in [-0.1, -0.05) is 23.8 Å². The predicted octanol–water partition coefficient (Wildman–Crippen LogP) is 3.17. The van der Waals surface area contributed by atoms with Crippen molar-refractivity contribution in [2.24, 2.45) is 0 Å². The SMILES string of the molecule is O=C(O)c1ccc(NC2CC=CC2)c(Cl)c1. The van der Waals surface area contributed by atoms with Crippen LogP contribution in [-0.4, -0.2) is 17.1 Å². The number of aromatic carboxylic acids is 1. The maximum Gasteiger partial charge on any atom is 0.335 e. The molecule has 0 amide bonds. The average Bonchev–Trinajstić information content (AvgIpc) is 2.73. The average molecular weight is 238 g/mol. The molecule has 84 valence electrons. The van der Waals surface area contributed by atoms with Crippen molar-refractivity contribution in [2.45, 2.75) is 18.9 Å². The number of benzene rings is 1. The molecule has 4 heteroatoms. The normalized spacial score (nSPS) is 15.3. The van der Waals surface area contributed by atoms with Crippen LogP contribution in [0.4, 0.5) is 5.69 Å². The van der Waals surface area contributed by atoms with Gasteiger partial charge in [-0.2, -0.15) is 0 Å². The maximum absolute atomic E-state index is 10.7. The molecule has 0 unspecified atom stereocenters. The van der Waals surface area contributed by atoms with E-state index in [-0.39, 0.29) is 5.56 Å². The molecule has 2 N–H and O–H groups in total. The van der Waals surface area contributed by atoms with Crippen LogP contribution in [-0.2, 0) is 0 Å². The zero-order valence-electron chi connectivity index (χ0n) is 8.61. The minimum atomic E-state index is -0.962. The first kappa shape index (κ1) is 11.0. The summed E-state index contributed by atoms with van der Waals surface area (Å²) in [4.78, 5) is 10.7. The van der Waals surface area contributed by atoms with Crippen LogP contribution in [0.15, 0.2) is 30.4 Å². The quantitative estimate of drug-likeness (QED) is 0.794. The van der Waals surface area contributed by atoms with Crippen LogP contribution in [0.5, 0.6) is 0 Å². The number of hydrogen-bond donors (Lipinski definition) is 2. The summed E-state index contributed by atoms with van der Waals surface area (Å²) >= 11 is 6.01. The van der Waals surface area contributed by atoms with Crippen LogP contribution in [0.1, 0.15) is 23.2 Å². The molecular formula is C12H12ClNO2. The molecule has 0 aliphatic heterocycles. The van der Waals surface area contributed by atoms with E-state index in [2.05, 4.69) is 17.5 Å². The van der Waals surface area contributed by atoms with E-state index in [0.717, 1.165) is 18.5 Å². The lowest BCUT2D eigenvalue weighted by Gasteiger charge is -2.15. The molecule has 2 rings (SSSR count). The summed E-state index contributed by atoms with van der Waals surface area (Å²) < 4.78 is 0. The highest BCUT2D eigenvalue weighted by atomic mass is 35.5. The van der Waals surface area contributed by atoms with Gasteiger partial charge in [-0.05, 0) is 31.0 Å². The van der Waals surface area contributed by atoms with Gasteiger partial charge in [-0.3, -0.25) is 0 Å². The fourth-order valence-electron chi connectivity index (χ4n) is 1.72. The minimum Gasteiger partial charge on any atom is -0.478 e. The third-order valence-electron chi connectivity index (χ3n) is 2.58. The van der Waals surface area contributed by atoms with E-state index in [9.17, 15) is 4.79 Å². The Hall–Kier alpha value is -1.48. The molecule has 0 aromatic heterocycles. The van der Waals surface area contributed by atoms with E-state index >= 15 is 0 Å². The Labute approximate surface area is 98.7 Å². The summed E-state index contributed by atoms with van der Waals surface area (Å²) in [7, 11) is 0. The van der Waals surface area contributed by atoms with E-state index in [4.69, 9.17) is 16.7 Å². The van der Waals surface area contributed by atoms with Gasteiger partial charge in [0.25, 0.3) is 0 Å². The van der Waals surface area contributed by atoms with Gasteiger partial charge in [0, 0.05) is 6.04 Å². The highest BCUT2D eigenvalue weighted by Crippen LogP contribution is 2.26. The molecule has 0 saturated heterocycles. The first-order valence-electron chi connectivity index (χ1n) is 5.11. The van der Waals surface area contributed by atoms with Crippen molar-refractivity contribution in [1.82, 2.24) is 0 Å². The van der Waals surface area contributed by atoms with Crippen LogP contribution in [0.2, 0.25) is 5.02 Å². The third-order valence-corrected chi connectivity index (χ3v) is 2.90. The number of halogens is 1. The van der Waals surface area contributed by atoms with E-state index in [1.807, 2.05) is 0 Å². The number of carboxylic acids is 1. The second-order valence-corrected chi connectivity index (χ2v) is 4.19. The molecule has 0 fully saturated rings. The number of carboxylic acid groups (broad SMARTS) is 1. The molecule has 0 bridgehead atoms. The summed E-state index contributed by atoms with van der Waals surface area (Å²) in [6.07, 6.45) is 6.21. The van der Waals surface area contributed by atoms with Crippen LogP contribution < -0.4 is 5.32 Å². The molecule has 3 nitrogen and oxygen atoms in total. The molecule has 0 heterocycles. The highest BCUT2D eigenvalue weighted by molar-refractivity contribution is 6.33. The Bertz CT molecular complexity index is 435. The van der Waals surface area contributed by atoms with E-state index in [1.54, 1.807) is 12.1 Å². The Kier molecular flexibility index (Phi) is 3.15. The lowest BCUT2D eigenvalue weighted by atomic mass is 10.1. The fraction of sp³-hybridized carbons (Fsp3) is 0.250. The summed E-state index contributed by atoms with van der Waals surface area (Å²) in [5.41, 5.74) is 1.00. The molecule has 0 atom stereocenters. The minimum absolute atomic E-state index is 0.208. The molecule has 16 heavy (non-hydrogen) atoms. The molecular weight excluding hydrogens is 226 g/mol. The number of carbonyl (C=O) groups is 1. The Balaban J connectivity index is 2.12. The number of nitrogens with one attached hydrogen (secondary N) is 1. The van der Waals surface area contributed by atoms with Crippen LogP contribution in [0, 0.1) is 0 Å². The summed E-state index contributed by atoms with van der Waals surface area (Å²) in [6, 6.07) is 5.10. The molecule has 0 spiro atoms. The van der Waals surface area contributed by atoms with E-state index in [0.29, 0.717) is 11.1 Å². The molecule has 1 aliphatic rings. The van der Waals surface area contributed by atoms with Gasteiger partial charge in [0.05, 0.1) is 16.3 Å². The van der Waals surface area contributed by atoms with Gasteiger partial charge in [0.2, 0.25) is 0 Å². The summed E-state index contributed by atoms with van der Waals surface area (Å²) in [6.45, 7) is 0. The van der Waals surface area contributed by atoms with Crippen LogP contribution in [0.25, 0.3) is 0 Å².